The SMILES string of the molecule is Cc1cccc2cc(B3OC(C)(C)C(C)(C)O3)sc12. The first-order valence-electron chi connectivity index (χ1n) is 6.65. The molecule has 2 aromatic rings. The zero-order valence-corrected chi connectivity index (χ0v) is 12.9. The molecule has 0 unspecified atom stereocenters. The van der Waals surface area contributed by atoms with Crippen molar-refractivity contribution in [2.45, 2.75) is 45.8 Å². The molecule has 3 rings (SSSR count). The summed E-state index contributed by atoms with van der Waals surface area (Å²) in [5, 5.41) is 1.27. The molecule has 1 aliphatic rings. The van der Waals surface area contributed by atoms with Crippen molar-refractivity contribution in [3.63, 3.8) is 0 Å². The van der Waals surface area contributed by atoms with Gasteiger partial charge in [0, 0.05) is 9.48 Å². The van der Waals surface area contributed by atoms with Gasteiger partial charge in [-0.05, 0) is 51.6 Å². The van der Waals surface area contributed by atoms with E-state index >= 15 is 0 Å². The molecule has 0 radical (unpaired) electrons. The number of rotatable bonds is 1. The highest BCUT2D eigenvalue weighted by molar-refractivity contribution is 7.28. The molecular weight excluding hydrogens is 255 g/mol. The van der Waals surface area contributed by atoms with Crippen LogP contribution in [0.25, 0.3) is 10.1 Å². The van der Waals surface area contributed by atoms with Gasteiger partial charge in [0.2, 0.25) is 0 Å². The molecule has 0 spiro atoms. The van der Waals surface area contributed by atoms with Crippen LogP contribution in [0, 0.1) is 6.92 Å². The Kier molecular flexibility index (Phi) is 2.82. The van der Waals surface area contributed by atoms with E-state index in [1.165, 1.54) is 15.6 Å². The molecule has 0 aliphatic carbocycles. The highest BCUT2D eigenvalue weighted by Gasteiger charge is 2.52. The first-order valence-corrected chi connectivity index (χ1v) is 7.46. The summed E-state index contributed by atoms with van der Waals surface area (Å²) in [7, 11) is -0.248. The third-order valence-corrected chi connectivity index (χ3v) is 5.55. The van der Waals surface area contributed by atoms with Crippen LogP contribution < -0.4 is 4.78 Å². The van der Waals surface area contributed by atoms with Gasteiger partial charge in [0.05, 0.1) is 11.2 Å². The zero-order chi connectivity index (χ0) is 13.8. The Morgan fingerprint density at radius 2 is 1.68 bits per heavy atom. The van der Waals surface area contributed by atoms with Crippen LogP contribution >= 0.6 is 11.3 Å². The molecule has 1 aromatic carbocycles. The van der Waals surface area contributed by atoms with E-state index in [2.05, 4.69) is 58.9 Å². The minimum absolute atomic E-state index is 0.248. The second kappa shape index (κ2) is 4.08. The first kappa shape index (κ1) is 13.2. The smallest absolute Gasteiger partial charge is 0.399 e. The van der Waals surface area contributed by atoms with Crippen molar-refractivity contribution in [2.75, 3.05) is 0 Å². The Morgan fingerprint density at radius 1 is 1.05 bits per heavy atom. The van der Waals surface area contributed by atoms with Gasteiger partial charge in [0.1, 0.15) is 0 Å². The van der Waals surface area contributed by atoms with Crippen LogP contribution in [0.5, 0.6) is 0 Å². The fraction of sp³-hybridized carbons (Fsp3) is 0.467. The molecule has 2 heterocycles. The van der Waals surface area contributed by atoms with Crippen LogP contribution in [-0.4, -0.2) is 18.3 Å². The van der Waals surface area contributed by atoms with E-state index in [1.54, 1.807) is 11.3 Å². The molecule has 2 nitrogen and oxygen atoms in total. The fourth-order valence-corrected chi connectivity index (χ4v) is 3.39. The molecule has 0 atom stereocenters. The Hall–Kier alpha value is -0.835. The van der Waals surface area contributed by atoms with Gasteiger partial charge in [-0.1, -0.05) is 18.2 Å². The van der Waals surface area contributed by atoms with Crippen molar-refractivity contribution in [3.8, 4) is 0 Å². The van der Waals surface area contributed by atoms with E-state index in [0.29, 0.717) is 0 Å². The number of fused-ring (bicyclic) bond motifs is 1. The van der Waals surface area contributed by atoms with Crippen LogP contribution in [0.1, 0.15) is 33.3 Å². The Balaban J connectivity index is 2.01. The summed E-state index contributed by atoms with van der Waals surface area (Å²) in [5.74, 6) is 0. The Morgan fingerprint density at radius 3 is 2.26 bits per heavy atom. The van der Waals surface area contributed by atoms with Crippen molar-refractivity contribution in [3.05, 3.63) is 29.8 Å². The van der Waals surface area contributed by atoms with Gasteiger partial charge in [0.25, 0.3) is 0 Å². The average Bonchev–Trinajstić information content (AvgIpc) is 2.80. The molecule has 1 aromatic heterocycles. The predicted molar refractivity (Wildman–Crippen MR) is 82.3 cm³/mol. The van der Waals surface area contributed by atoms with Crippen LogP contribution in [0.2, 0.25) is 0 Å². The molecular formula is C15H19BO2S. The quantitative estimate of drug-likeness (QED) is 0.741. The van der Waals surface area contributed by atoms with E-state index in [1.807, 2.05) is 0 Å². The topological polar surface area (TPSA) is 18.5 Å². The summed E-state index contributed by atoms with van der Waals surface area (Å²) in [6, 6.07) is 8.58. The van der Waals surface area contributed by atoms with Crippen LogP contribution in [0.15, 0.2) is 24.3 Å². The third-order valence-electron chi connectivity index (χ3n) is 4.25. The van der Waals surface area contributed by atoms with Crippen molar-refractivity contribution >= 4 is 33.3 Å². The Labute approximate surface area is 118 Å². The number of thiophene rings is 1. The monoisotopic (exact) mass is 274 g/mol. The Bertz CT molecular complexity index is 614. The standard InChI is InChI=1S/C15H19BO2S/c1-10-7-6-8-11-9-12(19-13(10)11)16-17-14(2,3)15(4,5)18-16/h6-9H,1-5H3. The lowest BCUT2D eigenvalue weighted by Gasteiger charge is -2.32. The zero-order valence-electron chi connectivity index (χ0n) is 12.1. The van der Waals surface area contributed by atoms with Gasteiger partial charge in [-0.25, -0.2) is 0 Å². The summed E-state index contributed by atoms with van der Waals surface area (Å²) in [5.41, 5.74) is 0.761. The highest BCUT2D eigenvalue weighted by Crippen LogP contribution is 2.37. The van der Waals surface area contributed by atoms with Crippen LogP contribution in [-0.2, 0) is 9.31 Å². The van der Waals surface area contributed by atoms with Gasteiger partial charge in [-0.3, -0.25) is 0 Å². The fourth-order valence-electron chi connectivity index (χ4n) is 2.30. The summed E-state index contributed by atoms with van der Waals surface area (Å²) >= 11 is 1.77. The van der Waals surface area contributed by atoms with Crippen molar-refractivity contribution in [1.82, 2.24) is 0 Å². The molecule has 0 saturated carbocycles. The molecule has 100 valence electrons. The lowest BCUT2D eigenvalue weighted by molar-refractivity contribution is 0.00578. The van der Waals surface area contributed by atoms with E-state index < -0.39 is 0 Å². The van der Waals surface area contributed by atoms with Crippen molar-refractivity contribution in [1.29, 1.82) is 0 Å². The van der Waals surface area contributed by atoms with Gasteiger partial charge >= 0.3 is 7.12 Å². The van der Waals surface area contributed by atoms with Crippen molar-refractivity contribution in [2.24, 2.45) is 0 Å². The second-order valence-electron chi connectivity index (χ2n) is 6.23. The average molecular weight is 274 g/mol. The summed E-state index contributed by atoms with van der Waals surface area (Å²) in [4.78, 5) is 0. The molecule has 1 aliphatic heterocycles. The van der Waals surface area contributed by atoms with Gasteiger partial charge in [-0.15, -0.1) is 11.3 Å². The van der Waals surface area contributed by atoms with Gasteiger partial charge < -0.3 is 9.31 Å². The maximum atomic E-state index is 6.11. The lowest BCUT2D eigenvalue weighted by Crippen LogP contribution is -2.41. The van der Waals surface area contributed by atoms with Crippen LogP contribution in [0.4, 0.5) is 0 Å². The predicted octanol–water partition coefficient (Wildman–Crippen LogP) is 3.51. The van der Waals surface area contributed by atoms with Gasteiger partial charge in [0.15, 0.2) is 0 Å². The molecule has 4 heteroatoms. The third kappa shape index (κ3) is 2.02. The largest absolute Gasteiger partial charge is 0.505 e. The van der Waals surface area contributed by atoms with E-state index in [0.717, 1.165) is 4.78 Å². The maximum Gasteiger partial charge on any atom is 0.505 e. The van der Waals surface area contributed by atoms with Crippen LogP contribution in [0.3, 0.4) is 0 Å². The normalized spacial score (nSPS) is 21.2. The maximum absolute atomic E-state index is 6.11. The summed E-state index contributed by atoms with van der Waals surface area (Å²) in [6.45, 7) is 10.5. The number of hydrogen-bond acceptors (Lipinski definition) is 3. The van der Waals surface area contributed by atoms with Gasteiger partial charge in [-0.2, -0.15) is 0 Å². The van der Waals surface area contributed by atoms with E-state index in [4.69, 9.17) is 9.31 Å². The highest BCUT2D eigenvalue weighted by atomic mass is 32.1. The minimum Gasteiger partial charge on any atom is -0.399 e. The number of benzene rings is 1. The van der Waals surface area contributed by atoms with Crippen molar-refractivity contribution < 1.29 is 9.31 Å². The summed E-state index contributed by atoms with van der Waals surface area (Å²) in [6.07, 6.45) is 0. The minimum atomic E-state index is -0.275. The van der Waals surface area contributed by atoms with E-state index in [-0.39, 0.29) is 18.3 Å². The molecule has 1 fully saturated rings. The molecule has 0 N–H and O–H groups in total. The number of aryl methyl sites for hydroxylation is 1. The molecule has 1 saturated heterocycles. The second-order valence-corrected chi connectivity index (χ2v) is 7.31. The number of hydrogen-bond donors (Lipinski definition) is 0. The molecule has 0 bridgehead atoms. The first-order chi connectivity index (χ1) is 8.80. The lowest BCUT2D eigenvalue weighted by atomic mass is 9.87. The van der Waals surface area contributed by atoms with E-state index in [9.17, 15) is 0 Å². The molecule has 0 amide bonds. The summed E-state index contributed by atoms with van der Waals surface area (Å²) < 4.78 is 14.7. The molecule has 19 heavy (non-hydrogen) atoms.